The summed E-state index contributed by atoms with van der Waals surface area (Å²) in [5.41, 5.74) is 1.11. The first-order valence-electron chi connectivity index (χ1n) is 6.42. The van der Waals surface area contributed by atoms with Crippen molar-refractivity contribution in [2.24, 2.45) is 0 Å². The standard InChI is InChI=1S/C15H14ClN3O2/c1-3-14-18-13(16)7-15(20)19(14)9-10-4-5-11(8-17)12(6-10)21-2/h4-7H,3,9H2,1-2H3. The smallest absolute Gasteiger partial charge is 0.255 e. The maximum Gasteiger partial charge on any atom is 0.255 e. The molecular formula is C15H14ClN3O2. The van der Waals surface area contributed by atoms with Gasteiger partial charge in [-0.05, 0) is 17.7 Å². The molecule has 0 amide bonds. The van der Waals surface area contributed by atoms with Gasteiger partial charge in [0.05, 0.1) is 19.2 Å². The summed E-state index contributed by atoms with van der Waals surface area (Å²) >= 11 is 5.81. The highest BCUT2D eigenvalue weighted by atomic mass is 35.5. The molecule has 0 spiro atoms. The Bertz CT molecular complexity index is 762. The van der Waals surface area contributed by atoms with Gasteiger partial charge in [-0.25, -0.2) is 4.98 Å². The molecule has 0 bridgehead atoms. The number of rotatable bonds is 4. The van der Waals surface area contributed by atoms with Crippen molar-refractivity contribution < 1.29 is 4.74 Å². The van der Waals surface area contributed by atoms with Crippen molar-refractivity contribution in [2.45, 2.75) is 19.9 Å². The zero-order valence-electron chi connectivity index (χ0n) is 11.8. The minimum atomic E-state index is -0.199. The molecule has 0 unspecified atom stereocenters. The molecule has 21 heavy (non-hydrogen) atoms. The van der Waals surface area contributed by atoms with Crippen LogP contribution in [0.25, 0.3) is 0 Å². The predicted octanol–water partition coefficient (Wildman–Crippen LogP) is 2.39. The Kier molecular flexibility index (Phi) is 4.61. The number of hydrogen-bond acceptors (Lipinski definition) is 4. The zero-order chi connectivity index (χ0) is 15.4. The average molecular weight is 304 g/mol. The molecule has 1 aromatic heterocycles. The molecule has 2 aromatic rings. The third-order valence-electron chi connectivity index (χ3n) is 3.10. The first-order chi connectivity index (χ1) is 10.1. The van der Waals surface area contributed by atoms with Crippen molar-refractivity contribution in [3.8, 4) is 11.8 Å². The van der Waals surface area contributed by atoms with Gasteiger partial charge in [0.1, 0.15) is 22.8 Å². The molecule has 0 atom stereocenters. The van der Waals surface area contributed by atoms with Crippen LogP contribution in [0.2, 0.25) is 5.15 Å². The van der Waals surface area contributed by atoms with E-state index in [2.05, 4.69) is 11.1 Å². The van der Waals surface area contributed by atoms with Gasteiger partial charge in [0.2, 0.25) is 0 Å². The van der Waals surface area contributed by atoms with Gasteiger partial charge in [0, 0.05) is 12.5 Å². The molecule has 0 aliphatic heterocycles. The number of nitriles is 1. The maximum atomic E-state index is 12.1. The lowest BCUT2D eigenvalue weighted by atomic mass is 10.1. The van der Waals surface area contributed by atoms with Crippen molar-refractivity contribution in [3.05, 3.63) is 56.7 Å². The summed E-state index contributed by atoms with van der Waals surface area (Å²) in [5.74, 6) is 1.11. The minimum absolute atomic E-state index is 0.199. The highest BCUT2D eigenvalue weighted by Gasteiger charge is 2.09. The van der Waals surface area contributed by atoms with E-state index < -0.39 is 0 Å². The van der Waals surface area contributed by atoms with Crippen molar-refractivity contribution >= 4 is 11.6 Å². The predicted molar refractivity (Wildman–Crippen MR) is 79.7 cm³/mol. The van der Waals surface area contributed by atoms with Gasteiger partial charge in [0.15, 0.2) is 0 Å². The van der Waals surface area contributed by atoms with Crippen LogP contribution >= 0.6 is 11.6 Å². The van der Waals surface area contributed by atoms with E-state index in [1.807, 2.05) is 6.92 Å². The van der Waals surface area contributed by atoms with E-state index >= 15 is 0 Å². The summed E-state index contributed by atoms with van der Waals surface area (Å²) in [7, 11) is 1.51. The van der Waals surface area contributed by atoms with Crippen molar-refractivity contribution in [2.75, 3.05) is 7.11 Å². The summed E-state index contributed by atoms with van der Waals surface area (Å²) < 4.78 is 6.74. The van der Waals surface area contributed by atoms with Crippen LogP contribution in [-0.4, -0.2) is 16.7 Å². The van der Waals surface area contributed by atoms with Crippen LogP contribution < -0.4 is 10.3 Å². The fraction of sp³-hybridized carbons (Fsp3) is 0.267. The molecule has 0 N–H and O–H groups in total. The first kappa shape index (κ1) is 15.1. The van der Waals surface area contributed by atoms with E-state index in [9.17, 15) is 4.79 Å². The summed E-state index contributed by atoms with van der Waals surface area (Å²) in [6, 6.07) is 8.57. The van der Waals surface area contributed by atoms with E-state index in [-0.39, 0.29) is 10.7 Å². The third-order valence-corrected chi connectivity index (χ3v) is 3.29. The Balaban J connectivity index is 2.44. The Hall–Kier alpha value is -2.32. The van der Waals surface area contributed by atoms with Crippen LogP contribution in [-0.2, 0) is 13.0 Å². The van der Waals surface area contributed by atoms with Gasteiger partial charge >= 0.3 is 0 Å². The number of benzene rings is 1. The molecule has 6 heteroatoms. The number of hydrogen-bond donors (Lipinski definition) is 0. The number of ether oxygens (including phenoxy) is 1. The molecule has 0 aliphatic carbocycles. The first-order valence-corrected chi connectivity index (χ1v) is 6.80. The van der Waals surface area contributed by atoms with Crippen LogP contribution in [0.1, 0.15) is 23.9 Å². The van der Waals surface area contributed by atoms with Gasteiger partial charge in [-0.3, -0.25) is 9.36 Å². The van der Waals surface area contributed by atoms with Crippen LogP contribution in [0.15, 0.2) is 29.1 Å². The van der Waals surface area contributed by atoms with Crippen molar-refractivity contribution in [3.63, 3.8) is 0 Å². The monoisotopic (exact) mass is 303 g/mol. The lowest BCUT2D eigenvalue weighted by molar-refractivity contribution is 0.412. The largest absolute Gasteiger partial charge is 0.495 e. The van der Waals surface area contributed by atoms with Gasteiger partial charge in [0.25, 0.3) is 5.56 Å². The minimum Gasteiger partial charge on any atom is -0.495 e. The van der Waals surface area contributed by atoms with Gasteiger partial charge in [-0.2, -0.15) is 5.26 Å². The fourth-order valence-corrected chi connectivity index (χ4v) is 2.26. The quantitative estimate of drug-likeness (QED) is 0.813. The number of aryl methyl sites for hydroxylation is 1. The Morgan fingerprint density at radius 1 is 1.43 bits per heavy atom. The highest BCUT2D eigenvalue weighted by Crippen LogP contribution is 2.20. The van der Waals surface area contributed by atoms with Crippen LogP contribution in [0.5, 0.6) is 5.75 Å². The van der Waals surface area contributed by atoms with Crippen molar-refractivity contribution in [1.29, 1.82) is 5.26 Å². The van der Waals surface area contributed by atoms with E-state index in [1.54, 1.807) is 22.8 Å². The van der Waals surface area contributed by atoms with Gasteiger partial charge in [-0.15, -0.1) is 0 Å². The van der Waals surface area contributed by atoms with Crippen molar-refractivity contribution in [1.82, 2.24) is 9.55 Å². The van der Waals surface area contributed by atoms with Gasteiger partial charge < -0.3 is 4.74 Å². The topological polar surface area (TPSA) is 67.9 Å². The SMILES string of the molecule is CCc1nc(Cl)cc(=O)n1Cc1ccc(C#N)c(OC)c1. The second-order valence-electron chi connectivity index (χ2n) is 4.42. The number of aromatic nitrogens is 2. The zero-order valence-corrected chi connectivity index (χ0v) is 12.5. The average Bonchev–Trinajstić information content (AvgIpc) is 2.49. The maximum absolute atomic E-state index is 12.1. The summed E-state index contributed by atoms with van der Waals surface area (Å²) in [5, 5.41) is 9.18. The number of halogens is 1. The molecule has 0 saturated carbocycles. The Morgan fingerprint density at radius 2 is 2.19 bits per heavy atom. The summed E-state index contributed by atoms with van der Waals surface area (Å²) in [6.45, 7) is 2.27. The normalized spacial score (nSPS) is 10.2. The number of methoxy groups -OCH3 is 1. The molecule has 0 saturated heterocycles. The Labute approximate surface area is 127 Å². The Morgan fingerprint density at radius 3 is 2.81 bits per heavy atom. The second-order valence-corrected chi connectivity index (χ2v) is 4.81. The molecule has 1 aromatic carbocycles. The van der Waals surface area contributed by atoms with E-state index in [4.69, 9.17) is 21.6 Å². The van der Waals surface area contributed by atoms with E-state index in [1.165, 1.54) is 13.2 Å². The summed E-state index contributed by atoms with van der Waals surface area (Å²) in [4.78, 5) is 16.2. The fourth-order valence-electron chi connectivity index (χ4n) is 2.07. The van der Waals surface area contributed by atoms with Crippen LogP contribution in [0.3, 0.4) is 0 Å². The molecule has 0 radical (unpaired) electrons. The molecule has 2 rings (SSSR count). The molecule has 1 heterocycles. The lowest BCUT2D eigenvalue weighted by Gasteiger charge is -2.12. The lowest BCUT2D eigenvalue weighted by Crippen LogP contribution is -2.24. The second kappa shape index (κ2) is 6.42. The molecule has 0 aliphatic rings. The molecule has 108 valence electrons. The molecular weight excluding hydrogens is 290 g/mol. The van der Waals surface area contributed by atoms with E-state index in [0.717, 1.165) is 5.56 Å². The third kappa shape index (κ3) is 3.23. The van der Waals surface area contributed by atoms with E-state index in [0.29, 0.717) is 30.1 Å². The molecule has 0 fully saturated rings. The highest BCUT2D eigenvalue weighted by molar-refractivity contribution is 6.29. The van der Waals surface area contributed by atoms with Crippen LogP contribution in [0, 0.1) is 11.3 Å². The van der Waals surface area contributed by atoms with Crippen LogP contribution in [0.4, 0.5) is 0 Å². The van der Waals surface area contributed by atoms with Gasteiger partial charge in [-0.1, -0.05) is 24.6 Å². The molecule has 5 nitrogen and oxygen atoms in total. The summed E-state index contributed by atoms with van der Waals surface area (Å²) in [6.07, 6.45) is 0.600. The number of nitrogens with zero attached hydrogens (tertiary/aromatic N) is 3.